The Morgan fingerprint density at radius 1 is 1.42 bits per heavy atom. The second kappa shape index (κ2) is 5.21. The predicted molar refractivity (Wildman–Crippen MR) is 69.9 cm³/mol. The molecule has 1 fully saturated rings. The van der Waals surface area contributed by atoms with Crippen LogP contribution in [0, 0.1) is 5.82 Å². The smallest absolute Gasteiger partial charge is 0.329 e. The highest BCUT2D eigenvalue weighted by atomic mass is 32.2. The molecule has 19 heavy (non-hydrogen) atoms. The molecule has 0 unspecified atom stereocenters. The van der Waals surface area contributed by atoms with Crippen LogP contribution in [0.25, 0.3) is 0 Å². The summed E-state index contributed by atoms with van der Waals surface area (Å²) in [5.74, 6) is -1.88. The third kappa shape index (κ3) is 2.58. The van der Waals surface area contributed by atoms with E-state index in [2.05, 4.69) is 5.32 Å². The Morgan fingerprint density at radius 2 is 2.11 bits per heavy atom. The van der Waals surface area contributed by atoms with Crippen LogP contribution >= 0.6 is 11.8 Å². The van der Waals surface area contributed by atoms with Crippen molar-refractivity contribution in [2.75, 3.05) is 6.26 Å². The van der Waals surface area contributed by atoms with Crippen molar-refractivity contribution in [2.24, 2.45) is 0 Å². The number of rotatable bonds is 4. The predicted octanol–water partition coefficient (Wildman–Crippen LogP) is 2.28. The minimum atomic E-state index is -1.15. The zero-order valence-electron chi connectivity index (χ0n) is 10.4. The van der Waals surface area contributed by atoms with Crippen LogP contribution in [0.3, 0.4) is 0 Å². The number of carbonyl (C=O) groups is 2. The molecule has 0 aromatic heterocycles. The maximum atomic E-state index is 13.3. The lowest BCUT2D eigenvalue weighted by Crippen LogP contribution is -2.59. The quantitative estimate of drug-likeness (QED) is 0.832. The number of amides is 1. The zero-order chi connectivity index (χ0) is 14.0. The number of halogens is 1. The first-order valence-electron chi connectivity index (χ1n) is 5.88. The Kier molecular flexibility index (Phi) is 3.80. The molecule has 1 aliphatic rings. The summed E-state index contributed by atoms with van der Waals surface area (Å²) < 4.78 is 13.3. The molecule has 0 radical (unpaired) electrons. The number of carbonyl (C=O) groups excluding carboxylic acids is 1. The number of carboxylic acid groups (broad SMARTS) is 1. The molecule has 1 aromatic rings. The average molecular weight is 283 g/mol. The largest absolute Gasteiger partial charge is 0.480 e. The normalized spacial score (nSPS) is 16.5. The summed E-state index contributed by atoms with van der Waals surface area (Å²) in [6.07, 6.45) is 3.37. The monoisotopic (exact) mass is 283 g/mol. The van der Waals surface area contributed by atoms with Crippen molar-refractivity contribution in [3.63, 3.8) is 0 Å². The maximum absolute atomic E-state index is 13.3. The van der Waals surface area contributed by atoms with Crippen LogP contribution in [-0.2, 0) is 4.79 Å². The molecule has 6 heteroatoms. The van der Waals surface area contributed by atoms with E-state index in [1.54, 1.807) is 6.26 Å². The van der Waals surface area contributed by atoms with E-state index in [4.69, 9.17) is 5.11 Å². The van der Waals surface area contributed by atoms with Gasteiger partial charge in [0, 0.05) is 10.5 Å². The number of aliphatic carboxylic acids is 1. The Hall–Kier alpha value is -1.56. The summed E-state index contributed by atoms with van der Waals surface area (Å²) in [7, 11) is 0. The lowest BCUT2D eigenvalue weighted by molar-refractivity contribution is -0.148. The molecule has 1 saturated carbocycles. The van der Waals surface area contributed by atoms with Crippen molar-refractivity contribution in [3.05, 3.63) is 29.6 Å². The summed E-state index contributed by atoms with van der Waals surface area (Å²) in [6.45, 7) is 0. The third-order valence-corrected chi connectivity index (χ3v) is 4.14. The number of benzene rings is 1. The first-order chi connectivity index (χ1) is 8.98. The van der Waals surface area contributed by atoms with Gasteiger partial charge in [-0.1, -0.05) is 0 Å². The summed E-state index contributed by atoms with van der Waals surface area (Å²) in [6, 6.07) is 4.01. The Morgan fingerprint density at radius 3 is 2.58 bits per heavy atom. The van der Waals surface area contributed by atoms with Crippen LogP contribution in [-0.4, -0.2) is 28.8 Å². The summed E-state index contributed by atoms with van der Waals surface area (Å²) >= 11 is 1.20. The number of nitrogens with one attached hydrogen (secondary N) is 1. The second-order valence-corrected chi connectivity index (χ2v) is 5.39. The second-order valence-electron chi connectivity index (χ2n) is 4.54. The van der Waals surface area contributed by atoms with Gasteiger partial charge in [-0.25, -0.2) is 9.18 Å². The maximum Gasteiger partial charge on any atom is 0.329 e. The summed E-state index contributed by atoms with van der Waals surface area (Å²) in [5, 5.41) is 11.7. The first-order valence-corrected chi connectivity index (χ1v) is 7.10. The van der Waals surface area contributed by atoms with E-state index >= 15 is 0 Å². The van der Waals surface area contributed by atoms with Crippen LogP contribution in [0.2, 0.25) is 0 Å². The fourth-order valence-corrected chi connectivity index (χ4v) is 2.52. The Balaban J connectivity index is 2.18. The van der Waals surface area contributed by atoms with Gasteiger partial charge in [-0.3, -0.25) is 4.79 Å². The molecule has 1 amide bonds. The molecule has 0 saturated heterocycles. The molecule has 4 nitrogen and oxygen atoms in total. The van der Waals surface area contributed by atoms with Crippen molar-refractivity contribution in [3.8, 4) is 0 Å². The lowest BCUT2D eigenvalue weighted by atomic mass is 9.76. The highest BCUT2D eigenvalue weighted by Gasteiger charge is 2.45. The van der Waals surface area contributed by atoms with Crippen LogP contribution in [0.5, 0.6) is 0 Å². The molecular weight excluding hydrogens is 269 g/mol. The topological polar surface area (TPSA) is 66.4 Å². The highest BCUT2D eigenvalue weighted by molar-refractivity contribution is 7.98. The van der Waals surface area contributed by atoms with Crippen LogP contribution in [0.15, 0.2) is 23.1 Å². The van der Waals surface area contributed by atoms with Gasteiger partial charge < -0.3 is 10.4 Å². The van der Waals surface area contributed by atoms with Crippen molar-refractivity contribution >= 4 is 23.6 Å². The van der Waals surface area contributed by atoms with Crippen molar-refractivity contribution in [1.29, 1.82) is 0 Å². The van der Waals surface area contributed by atoms with Crippen LogP contribution < -0.4 is 5.32 Å². The van der Waals surface area contributed by atoms with Crippen LogP contribution in [0.4, 0.5) is 4.39 Å². The molecular formula is C13H14FNO3S. The number of thioether (sulfide) groups is 1. The van der Waals surface area contributed by atoms with Crippen molar-refractivity contribution in [2.45, 2.75) is 29.7 Å². The minimum Gasteiger partial charge on any atom is -0.480 e. The van der Waals surface area contributed by atoms with Gasteiger partial charge in [-0.2, -0.15) is 0 Å². The SMILES string of the molecule is CSc1cc(C(=O)NC2(C(=O)O)CCC2)ccc1F. The lowest BCUT2D eigenvalue weighted by Gasteiger charge is -2.38. The molecule has 102 valence electrons. The van der Waals surface area contributed by atoms with E-state index < -0.39 is 17.4 Å². The molecule has 2 N–H and O–H groups in total. The van der Waals surface area contributed by atoms with Crippen LogP contribution in [0.1, 0.15) is 29.6 Å². The molecule has 1 aromatic carbocycles. The van der Waals surface area contributed by atoms with Gasteiger partial charge >= 0.3 is 5.97 Å². The van der Waals surface area contributed by atoms with E-state index in [0.29, 0.717) is 17.7 Å². The number of carboxylic acids is 1. The molecule has 2 rings (SSSR count). The minimum absolute atomic E-state index is 0.276. The zero-order valence-corrected chi connectivity index (χ0v) is 11.2. The van der Waals surface area contributed by atoms with E-state index in [0.717, 1.165) is 6.42 Å². The fourth-order valence-electron chi connectivity index (χ4n) is 2.01. The van der Waals surface area contributed by atoms with Gasteiger partial charge in [0.25, 0.3) is 5.91 Å². The highest BCUT2D eigenvalue weighted by Crippen LogP contribution is 2.32. The number of hydrogen-bond donors (Lipinski definition) is 2. The van der Waals surface area contributed by atoms with Gasteiger partial charge in [0.15, 0.2) is 0 Å². The molecule has 1 aliphatic carbocycles. The van der Waals surface area contributed by atoms with Gasteiger partial charge in [-0.05, 0) is 43.7 Å². The van der Waals surface area contributed by atoms with Crippen molar-refractivity contribution in [1.82, 2.24) is 5.32 Å². The van der Waals surface area contributed by atoms with Gasteiger partial charge in [0.05, 0.1) is 0 Å². The molecule has 0 aliphatic heterocycles. The van der Waals surface area contributed by atoms with E-state index in [9.17, 15) is 14.0 Å². The molecule has 0 heterocycles. The van der Waals surface area contributed by atoms with Gasteiger partial charge in [-0.15, -0.1) is 11.8 Å². The Bertz CT molecular complexity index is 529. The third-order valence-electron chi connectivity index (χ3n) is 3.38. The standard InChI is InChI=1S/C13H14FNO3S/c1-19-10-7-8(3-4-9(10)14)11(16)15-13(12(17)18)5-2-6-13/h3-4,7H,2,5-6H2,1H3,(H,15,16)(H,17,18). The Labute approximate surface area is 114 Å². The van der Waals surface area contributed by atoms with Gasteiger partial charge in [0.2, 0.25) is 0 Å². The fraction of sp³-hybridized carbons (Fsp3) is 0.385. The first kappa shape index (κ1) is 13.9. The molecule has 0 spiro atoms. The molecule has 0 bridgehead atoms. The van der Waals surface area contributed by atoms with E-state index in [1.807, 2.05) is 0 Å². The van der Waals surface area contributed by atoms with E-state index in [-0.39, 0.29) is 11.4 Å². The number of hydrogen-bond acceptors (Lipinski definition) is 3. The molecule has 0 atom stereocenters. The van der Waals surface area contributed by atoms with Crippen molar-refractivity contribution < 1.29 is 19.1 Å². The van der Waals surface area contributed by atoms with E-state index in [1.165, 1.54) is 30.0 Å². The average Bonchev–Trinajstić information content (AvgIpc) is 2.33. The summed E-state index contributed by atoms with van der Waals surface area (Å²) in [4.78, 5) is 23.6. The summed E-state index contributed by atoms with van der Waals surface area (Å²) in [5.41, 5.74) is -0.872. The van der Waals surface area contributed by atoms with Gasteiger partial charge in [0.1, 0.15) is 11.4 Å².